The van der Waals surface area contributed by atoms with Crippen molar-refractivity contribution < 1.29 is 42.1 Å². The van der Waals surface area contributed by atoms with E-state index in [1.165, 1.54) is 244 Å². The van der Waals surface area contributed by atoms with Crippen molar-refractivity contribution in [2.45, 2.75) is 328 Å². The van der Waals surface area contributed by atoms with Crippen molar-refractivity contribution in [3.05, 3.63) is 36.5 Å². The van der Waals surface area contributed by atoms with Crippen LogP contribution in [0.25, 0.3) is 0 Å². The molecule has 76 heavy (non-hydrogen) atoms. The molecule has 0 amide bonds. The molecule has 0 aliphatic heterocycles. The largest absolute Gasteiger partial charge is 0.756 e. The van der Waals surface area contributed by atoms with Gasteiger partial charge >= 0.3 is 11.9 Å². The van der Waals surface area contributed by atoms with E-state index in [-0.39, 0.29) is 32.0 Å². The lowest BCUT2D eigenvalue weighted by Gasteiger charge is -2.28. The molecule has 10 heteroatoms. The molecule has 0 fully saturated rings. The molecule has 0 heterocycles. The molecule has 2 atom stereocenters. The van der Waals surface area contributed by atoms with Crippen LogP contribution < -0.4 is 4.89 Å². The van der Waals surface area contributed by atoms with E-state index in [2.05, 4.69) is 50.3 Å². The standard InChI is InChI=1S/C66H126NO8P/c1-6-8-10-12-14-16-18-20-22-24-26-28-30-32-33-35-37-39-41-43-45-47-49-51-53-55-57-59-66(69)75-64(63-74-76(70,71)73-61-60-67(3,4)5)62-72-65(68)58-56-54-52-50-48-46-44-42-40-38-36-34-31-29-27-25-23-21-19-17-15-13-11-9-7-2/h18,20,24-27,64H,6-17,19,21-23,28-63H2,1-5H3/b20-18-,26-24-,27-25-. The Hall–Kier alpha value is -1.77. The van der Waals surface area contributed by atoms with Gasteiger partial charge in [0.15, 0.2) is 6.10 Å². The predicted molar refractivity (Wildman–Crippen MR) is 324 cm³/mol. The minimum atomic E-state index is -4.64. The average Bonchev–Trinajstić information content (AvgIpc) is 3.38. The van der Waals surface area contributed by atoms with E-state index in [4.69, 9.17) is 18.5 Å². The van der Waals surface area contributed by atoms with Crippen LogP contribution in [0.3, 0.4) is 0 Å². The van der Waals surface area contributed by atoms with Gasteiger partial charge in [0.2, 0.25) is 0 Å². The Balaban J connectivity index is 4.06. The fourth-order valence-electron chi connectivity index (χ4n) is 9.57. The number of allylic oxidation sites excluding steroid dienone is 6. The molecule has 0 aliphatic carbocycles. The van der Waals surface area contributed by atoms with Crippen LogP contribution in [0.2, 0.25) is 0 Å². The number of likely N-dealkylation sites (N-methyl/N-ethyl adjacent to an activating group) is 1. The summed E-state index contributed by atoms with van der Waals surface area (Å²) in [6.07, 6.45) is 72.1. The van der Waals surface area contributed by atoms with Gasteiger partial charge in [-0.3, -0.25) is 14.2 Å². The number of nitrogens with zero attached hydrogens (tertiary/aromatic N) is 1. The first-order valence-electron chi connectivity index (χ1n) is 32.7. The van der Waals surface area contributed by atoms with E-state index in [1.54, 1.807) is 0 Å². The van der Waals surface area contributed by atoms with E-state index in [9.17, 15) is 19.0 Å². The SMILES string of the molecule is CCCCCCC/C=C\C/C=C\CCCCCCCCCCCCCCCCCC(=O)OC(COC(=O)CCCCCCCCCCCCCCC/C=C\CCCCCCCCCC)COP(=O)([O-])OCC[N+](C)(C)C. The summed E-state index contributed by atoms with van der Waals surface area (Å²) in [6.45, 7) is 4.28. The van der Waals surface area contributed by atoms with Crippen molar-refractivity contribution in [1.82, 2.24) is 0 Å². The zero-order valence-electron chi connectivity index (χ0n) is 51.0. The molecule has 0 N–H and O–H groups in total. The highest BCUT2D eigenvalue weighted by atomic mass is 31.2. The predicted octanol–water partition coefficient (Wildman–Crippen LogP) is 20.1. The molecule has 448 valence electrons. The summed E-state index contributed by atoms with van der Waals surface area (Å²) in [6, 6.07) is 0. The number of carbonyl (C=O) groups excluding carboxylic acids is 2. The van der Waals surface area contributed by atoms with E-state index < -0.39 is 26.5 Å². The quantitative estimate of drug-likeness (QED) is 0.0195. The van der Waals surface area contributed by atoms with Crippen LogP contribution in [0.15, 0.2) is 36.5 Å². The molecule has 0 bridgehead atoms. The van der Waals surface area contributed by atoms with Crippen molar-refractivity contribution in [3.8, 4) is 0 Å². The highest BCUT2D eigenvalue weighted by Crippen LogP contribution is 2.38. The third kappa shape index (κ3) is 61.4. The first kappa shape index (κ1) is 74.2. The summed E-state index contributed by atoms with van der Waals surface area (Å²) in [5, 5.41) is 0. The highest BCUT2D eigenvalue weighted by molar-refractivity contribution is 7.45. The molecule has 0 aromatic heterocycles. The number of phosphoric acid groups is 1. The van der Waals surface area contributed by atoms with Gasteiger partial charge in [-0.25, -0.2) is 0 Å². The van der Waals surface area contributed by atoms with Crippen molar-refractivity contribution in [1.29, 1.82) is 0 Å². The molecule has 0 saturated heterocycles. The van der Waals surface area contributed by atoms with Crippen LogP contribution in [0.5, 0.6) is 0 Å². The smallest absolute Gasteiger partial charge is 0.306 e. The third-order valence-electron chi connectivity index (χ3n) is 14.6. The summed E-state index contributed by atoms with van der Waals surface area (Å²) >= 11 is 0. The number of hydrogen-bond acceptors (Lipinski definition) is 8. The second-order valence-electron chi connectivity index (χ2n) is 23.5. The van der Waals surface area contributed by atoms with Gasteiger partial charge in [-0.15, -0.1) is 0 Å². The third-order valence-corrected chi connectivity index (χ3v) is 15.6. The molecular formula is C66H126NO8P. The second kappa shape index (κ2) is 57.9. The number of quaternary nitrogens is 1. The molecule has 9 nitrogen and oxygen atoms in total. The van der Waals surface area contributed by atoms with E-state index in [0.29, 0.717) is 17.4 Å². The number of carbonyl (C=O) groups is 2. The van der Waals surface area contributed by atoms with Crippen LogP contribution in [-0.2, 0) is 32.7 Å². The maximum Gasteiger partial charge on any atom is 0.306 e. The van der Waals surface area contributed by atoms with Gasteiger partial charge in [0.25, 0.3) is 7.82 Å². The summed E-state index contributed by atoms with van der Waals surface area (Å²) in [5.74, 6) is -0.817. The summed E-state index contributed by atoms with van der Waals surface area (Å²) in [5.41, 5.74) is 0. The Kier molecular flexibility index (Phi) is 56.6. The monoisotopic (exact) mass is 1090 g/mol. The summed E-state index contributed by atoms with van der Waals surface area (Å²) < 4.78 is 34.3. The van der Waals surface area contributed by atoms with Crippen molar-refractivity contribution in [3.63, 3.8) is 0 Å². The van der Waals surface area contributed by atoms with Crippen molar-refractivity contribution in [2.75, 3.05) is 47.5 Å². The minimum absolute atomic E-state index is 0.0290. The first-order chi connectivity index (χ1) is 37.0. The van der Waals surface area contributed by atoms with E-state index >= 15 is 0 Å². The van der Waals surface area contributed by atoms with Gasteiger partial charge in [-0.1, -0.05) is 275 Å². The van der Waals surface area contributed by atoms with Gasteiger partial charge in [0.05, 0.1) is 27.7 Å². The summed E-state index contributed by atoms with van der Waals surface area (Å²) in [4.78, 5) is 38.0. The van der Waals surface area contributed by atoms with Crippen molar-refractivity contribution >= 4 is 19.8 Å². The number of phosphoric ester groups is 1. The number of hydrogen-bond donors (Lipinski definition) is 0. The molecule has 0 saturated carbocycles. The summed E-state index contributed by atoms with van der Waals surface area (Å²) in [7, 11) is 1.18. The number of esters is 2. The van der Waals surface area contributed by atoms with Gasteiger partial charge in [-0.2, -0.15) is 0 Å². The Bertz CT molecular complexity index is 1380. The Morgan fingerprint density at radius 2 is 0.711 bits per heavy atom. The fraction of sp³-hybridized carbons (Fsp3) is 0.879. The topological polar surface area (TPSA) is 111 Å². The zero-order valence-corrected chi connectivity index (χ0v) is 51.9. The minimum Gasteiger partial charge on any atom is -0.756 e. The lowest BCUT2D eigenvalue weighted by Crippen LogP contribution is -2.37. The number of unbranched alkanes of at least 4 members (excludes halogenated alkanes) is 41. The van der Waals surface area contributed by atoms with Gasteiger partial charge < -0.3 is 27.9 Å². The van der Waals surface area contributed by atoms with Crippen LogP contribution in [-0.4, -0.2) is 70.0 Å². The lowest BCUT2D eigenvalue weighted by molar-refractivity contribution is -0.870. The van der Waals surface area contributed by atoms with E-state index in [1.807, 2.05) is 21.1 Å². The second-order valence-corrected chi connectivity index (χ2v) is 24.9. The zero-order chi connectivity index (χ0) is 55.6. The maximum absolute atomic E-state index is 12.8. The van der Waals surface area contributed by atoms with Crippen LogP contribution in [0.1, 0.15) is 322 Å². The molecule has 0 aromatic carbocycles. The lowest BCUT2D eigenvalue weighted by atomic mass is 10.0. The Labute approximate surface area is 471 Å². The van der Waals surface area contributed by atoms with Crippen LogP contribution in [0, 0.1) is 0 Å². The van der Waals surface area contributed by atoms with Crippen LogP contribution in [0.4, 0.5) is 0 Å². The molecule has 0 aliphatic rings. The number of ether oxygens (including phenoxy) is 2. The van der Waals surface area contributed by atoms with Gasteiger partial charge in [0, 0.05) is 12.8 Å². The molecule has 2 unspecified atom stereocenters. The average molecular weight is 1090 g/mol. The molecule has 0 aromatic rings. The maximum atomic E-state index is 12.8. The molecular weight excluding hydrogens is 966 g/mol. The number of rotatable bonds is 61. The van der Waals surface area contributed by atoms with E-state index in [0.717, 1.165) is 44.9 Å². The highest BCUT2D eigenvalue weighted by Gasteiger charge is 2.22. The van der Waals surface area contributed by atoms with Gasteiger partial charge in [-0.05, 0) is 70.6 Å². The van der Waals surface area contributed by atoms with Crippen molar-refractivity contribution in [2.24, 2.45) is 0 Å². The molecule has 0 rings (SSSR count). The van der Waals surface area contributed by atoms with Crippen LogP contribution >= 0.6 is 7.82 Å². The Morgan fingerprint density at radius 3 is 1.05 bits per heavy atom. The molecule has 0 spiro atoms. The van der Waals surface area contributed by atoms with Gasteiger partial charge in [0.1, 0.15) is 19.8 Å². The fourth-order valence-corrected chi connectivity index (χ4v) is 10.3. The first-order valence-corrected chi connectivity index (χ1v) is 34.2. The Morgan fingerprint density at radius 1 is 0.408 bits per heavy atom. The molecule has 0 radical (unpaired) electrons. The normalized spacial score (nSPS) is 13.4.